The van der Waals surface area contributed by atoms with E-state index in [4.69, 9.17) is 10.8 Å². The van der Waals surface area contributed by atoms with Gasteiger partial charge in [0.05, 0.1) is 12.0 Å². The van der Waals surface area contributed by atoms with E-state index in [2.05, 4.69) is 6.92 Å². The summed E-state index contributed by atoms with van der Waals surface area (Å²) in [6.07, 6.45) is 12.4. The predicted molar refractivity (Wildman–Crippen MR) is 104 cm³/mol. The van der Waals surface area contributed by atoms with Crippen molar-refractivity contribution < 1.29 is 24.6 Å². The number of carbonyl (C=O) groups excluding carboxylic acids is 2. The zero-order valence-electron chi connectivity index (χ0n) is 16.2. The second-order valence-electron chi connectivity index (χ2n) is 7.30. The highest BCUT2D eigenvalue weighted by Crippen LogP contribution is 2.38. The van der Waals surface area contributed by atoms with E-state index in [-0.39, 0.29) is 30.5 Å². The molecule has 1 fully saturated rings. The SMILES string of the molecule is CCCCCC(O)/C=C/C1C(C(N)=O)CC(=O)C1C/C=C/CCCC(=O)O. The van der Waals surface area contributed by atoms with Gasteiger partial charge in [-0.1, -0.05) is 50.5 Å². The summed E-state index contributed by atoms with van der Waals surface area (Å²) in [5.41, 5.74) is 5.48. The van der Waals surface area contributed by atoms with Gasteiger partial charge in [-0.2, -0.15) is 0 Å². The van der Waals surface area contributed by atoms with Crippen LogP contribution in [-0.2, 0) is 14.4 Å². The van der Waals surface area contributed by atoms with E-state index in [1.54, 1.807) is 12.2 Å². The highest BCUT2D eigenvalue weighted by atomic mass is 16.4. The Labute approximate surface area is 161 Å². The maximum atomic E-state index is 12.3. The molecule has 0 aliphatic heterocycles. The molecule has 0 radical (unpaired) electrons. The molecule has 1 saturated carbocycles. The number of Topliss-reactive ketones (excluding diaryl/α,β-unsaturated/α-hetero) is 1. The average Bonchev–Trinajstić information content (AvgIpc) is 2.92. The number of aliphatic hydroxyl groups is 1. The van der Waals surface area contributed by atoms with E-state index < -0.39 is 23.9 Å². The molecule has 1 aliphatic rings. The van der Waals surface area contributed by atoms with Crippen LogP contribution in [0.5, 0.6) is 0 Å². The van der Waals surface area contributed by atoms with Crippen LogP contribution in [0.3, 0.4) is 0 Å². The maximum Gasteiger partial charge on any atom is 0.303 e. The Morgan fingerprint density at radius 2 is 2.00 bits per heavy atom. The highest BCUT2D eigenvalue weighted by Gasteiger charge is 2.42. The molecule has 0 spiro atoms. The van der Waals surface area contributed by atoms with Crippen molar-refractivity contribution >= 4 is 17.7 Å². The summed E-state index contributed by atoms with van der Waals surface area (Å²) in [6, 6.07) is 0. The normalized spacial score (nSPS) is 24.1. The van der Waals surface area contributed by atoms with Gasteiger partial charge in [-0.3, -0.25) is 14.4 Å². The van der Waals surface area contributed by atoms with Gasteiger partial charge in [-0.25, -0.2) is 0 Å². The number of ketones is 1. The van der Waals surface area contributed by atoms with Gasteiger partial charge in [-0.15, -0.1) is 0 Å². The van der Waals surface area contributed by atoms with Crippen LogP contribution >= 0.6 is 0 Å². The molecule has 6 heteroatoms. The number of carboxylic acids is 1. The lowest BCUT2D eigenvalue weighted by Gasteiger charge is -2.18. The van der Waals surface area contributed by atoms with Gasteiger partial charge in [0.2, 0.25) is 5.91 Å². The molecule has 6 nitrogen and oxygen atoms in total. The topological polar surface area (TPSA) is 118 Å². The van der Waals surface area contributed by atoms with Crippen molar-refractivity contribution in [1.82, 2.24) is 0 Å². The van der Waals surface area contributed by atoms with Gasteiger partial charge in [0, 0.05) is 18.8 Å². The lowest BCUT2D eigenvalue weighted by molar-refractivity contribution is -0.137. The number of primary amides is 1. The van der Waals surface area contributed by atoms with Crippen LogP contribution in [0.1, 0.15) is 64.7 Å². The van der Waals surface area contributed by atoms with Crippen molar-refractivity contribution in [3.63, 3.8) is 0 Å². The fourth-order valence-corrected chi connectivity index (χ4v) is 3.53. The molecule has 0 heterocycles. The summed E-state index contributed by atoms with van der Waals surface area (Å²) in [4.78, 5) is 34.6. The first kappa shape index (κ1) is 23.1. The number of rotatable bonds is 13. The molecule has 1 rings (SSSR count). The van der Waals surface area contributed by atoms with E-state index in [0.717, 1.165) is 19.3 Å². The zero-order chi connectivity index (χ0) is 20.2. The lowest BCUT2D eigenvalue weighted by atomic mass is 9.86. The molecule has 1 aliphatic carbocycles. The minimum absolute atomic E-state index is 0.0177. The predicted octanol–water partition coefficient (Wildman–Crippen LogP) is 2.99. The summed E-state index contributed by atoms with van der Waals surface area (Å²) in [6.45, 7) is 2.10. The lowest BCUT2D eigenvalue weighted by Crippen LogP contribution is -2.27. The molecular weight excluding hydrogens is 346 g/mol. The minimum atomic E-state index is -0.818. The van der Waals surface area contributed by atoms with Crippen LogP contribution in [0.25, 0.3) is 0 Å². The summed E-state index contributed by atoms with van der Waals surface area (Å²) in [7, 11) is 0. The number of nitrogens with two attached hydrogens (primary N) is 1. The molecule has 152 valence electrons. The molecule has 0 aromatic carbocycles. The number of unbranched alkanes of at least 4 members (excludes halogenated alkanes) is 3. The van der Waals surface area contributed by atoms with Gasteiger partial charge in [-0.05, 0) is 31.6 Å². The summed E-state index contributed by atoms with van der Waals surface area (Å²) in [5.74, 6) is -2.42. The van der Waals surface area contributed by atoms with Crippen molar-refractivity contribution in [3.8, 4) is 0 Å². The monoisotopic (exact) mass is 379 g/mol. The first-order valence-corrected chi connectivity index (χ1v) is 9.92. The number of aliphatic carboxylic acids is 1. The van der Waals surface area contributed by atoms with E-state index in [9.17, 15) is 19.5 Å². The summed E-state index contributed by atoms with van der Waals surface area (Å²) >= 11 is 0. The van der Waals surface area contributed by atoms with Crippen molar-refractivity contribution in [1.29, 1.82) is 0 Å². The number of hydrogen-bond acceptors (Lipinski definition) is 4. The number of aliphatic hydroxyl groups excluding tert-OH is 1. The Balaban J connectivity index is 2.66. The molecule has 4 N–H and O–H groups in total. The molecule has 0 bridgehead atoms. The molecule has 1 amide bonds. The van der Waals surface area contributed by atoms with Crippen LogP contribution in [-0.4, -0.2) is 34.0 Å². The quantitative estimate of drug-likeness (QED) is 0.336. The van der Waals surface area contributed by atoms with Gasteiger partial charge >= 0.3 is 5.97 Å². The van der Waals surface area contributed by atoms with Crippen molar-refractivity contribution in [3.05, 3.63) is 24.3 Å². The smallest absolute Gasteiger partial charge is 0.303 e. The number of carboxylic acid groups (broad SMARTS) is 1. The molecule has 0 aromatic rings. The van der Waals surface area contributed by atoms with E-state index >= 15 is 0 Å². The van der Waals surface area contributed by atoms with Gasteiger partial charge < -0.3 is 15.9 Å². The van der Waals surface area contributed by atoms with Crippen LogP contribution < -0.4 is 5.73 Å². The van der Waals surface area contributed by atoms with Gasteiger partial charge in [0.15, 0.2) is 0 Å². The maximum absolute atomic E-state index is 12.3. The van der Waals surface area contributed by atoms with Crippen LogP contribution in [0.4, 0.5) is 0 Å². The number of hydrogen-bond donors (Lipinski definition) is 3. The third kappa shape index (κ3) is 8.52. The third-order valence-corrected chi connectivity index (χ3v) is 5.11. The first-order chi connectivity index (χ1) is 12.9. The van der Waals surface area contributed by atoms with Crippen LogP contribution in [0.15, 0.2) is 24.3 Å². The first-order valence-electron chi connectivity index (χ1n) is 9.92. The molecule has 0 aromatic heterocycles. The Morgan fingerprint density at radius 1 is 1.26 bits per heavy atom. The standard InChI is InChI=1S/C21H33NO5/c1-2-3-6-9-15(23)12-13-16-17(19(24)14-18(16)21(22)27)10-7-4-5-8-11-20(25)26/h4,7,12-13,15-18,23H,2-3,5-6,8-11,14H2,1H3,(H2,22,27)(H,25,26)/b7-4+,13-12+. The fourth-order valence-electron chi connectivity index (χ4n) is 3.53. The number of carbonyl (C=O) groups is 3. The summed E-state index contributed by atoms with van der Waals surface area (Å²) in [5, 5.41) is 18.7. The second kappa shape index (κ2) is 12.4. The third-order valence-electron chi connectivity index (χ3n) is 5.11. The molecule has 4 atom stereocenters. The van der Waals surface area contributed by atoms with Gasteiger partial charge in [0.1, 0.15) is 5.78 Å². The van der Waals surface area contributed by atoms with Crippen molar-refractivity contribution in [2.45, 2.75) is 70.8 Å². The van der Waals surface area contributed by atoms with Gasteiger partial charge in [0.25, 0.3) is 0 Å². The van der Waals surface area contributed by atoms with Crippen LogP contribution in [0.2, 0.25) is 0 Å². The average molecular weight is 379 g/mol. The van der Waals surface area contributed by atoms with Crippen molar-refractivity contribution in [2.24, 2.45) is 23.5 Å². The Kier molecular flexibility index (Phi) is 10.6. The van der Waals surface area contributed by atoms with E-state index in [1.807, 2.05) is 12.2 Å². The molecule has 27 heavy (non-hydrogen) atoms. The highest BCUT2D eigenvalue weighted by molar-refractivity contribution is 5.92. The largest absolute Gasteiger partial charge is 0.481 e. The minimum Gasteiger partial charge on any atom is -0.481 e. The van der Waals surface area contributed by atoms with Crippen molar-refractivity contribution in [2.75, 3.05) is 0 Å². The van der Waals surface area contributed by atoms with E-state index in [1.165, 1.54) is 0 Å². The Bertz CT molecular complexity index is 555. The number of amides is 1. The zero-order valence-corrected chi connectivity index (χ0v) is 16.2. The fraction of sp³-hybridized carbons (Fsp3) is 0.667. The molecular formula is C21H33NO5. The molecule has 0 saturated heterocycles. The van der Waals surface area contributed by atoms with Crippen LogP contribution in [0, 0.1) is 17.8 Å². The molecule has 4 unspecified atom stereocenters. The summed E-state index contributed by atoms with van der Waals surface area (Å²) < 4.78 is 0. The second-order valence-corrected chi connectivity index (χ2v) is 7.30. The number of allylic oxidation sites excluding steroid dienone is 3. The Morgan fingerprint density at radius 3 is 2.63 bits per heavy atom. The van der Waals surface area contributed by atoms with E-state index in [0.29, 0.717) is 25.7 Å². The Hall–Kier alpha value is -1.95.